The summed E-state index contributed by atoms with van der Waals surface area (Å²) in [6, 6.07) is 10.6. The predicted octanol–water partition coefficient (Wildman–Crippen LogP) is 3.30. The first-order valence-corrected chi connectivity index (χ1v) is 7.78. The third kappa shape index (κ3) is 3.13. The van der Waals surface area contributed by atoms with Crippen molar-refractivity contribution in [3.8, 4) is 0 Å². The van der Waals surface area contributed by atoms with Gasteiger partial charge >= 0.3 is 0 Å². The highest BCUT2D eigenvalue weighted by molar-refractivity contribution is 5.39. The molecule has 1 saturated carbocycles. The molecule has 2 aromatic rings. The second kappa shape index (κ2) is 5.94. The summed E-state index contributed by atoms with van der Waals surface area (Å²) in [5, 5.41) is 3.43. The topological polar surface area (TPSA) is 37.8 Å². The van der Waals surface area contributed by atoms with Gasteiger partial charge in [0.05, 0.1) is 5.41 Å². The van der Waals surface area contributed by atoms with Crippen molar-refractivity contribution in [3.05, 3.63) is 59.7 Å². The minimum atomic E-state index is 0.0746. The van der Waals surface area contributed by atoms with Crippen LogP contribution in [0.1, 0.15) is 43.6 Å². The maximum absolute atomic E-state index is 4.64. The van der Waals surface area contributed by atoms with Crippen LogP contribution in [0.2, 0.25) is 0 Å². The fourth-order valence-corrected chi connectivity index (χ4v) is 2.72. The van der Waals surface area contributed by atoms with E-state index in [4.69, 9.17) is 0 Å². The van der Waals surface area contributed by atoms with Gasteiger partial charge < -0.3 is 5.32 Å². The molecule has 1 heterocycles. The largest absolute Gasteiger partial charge is 0.312 e. The Morgan fingerprint density at radius 1 is 1.10 bits per heavy atom. The second-order valence-electron chi connectivity index (χ2n) is 6.39. The van der Waals surface area contributed by atoms with E-state index in [1.807, 2.05) is 12.4 Å². The number of hydrogen-bond donors (Lipinski definition) is 1. The van der Waals surface area contributed by atoms with E-state index in [0.29, 0.717) is 5.92 Å². The van der Waals surface area contributed by atoms with Gasteiger partial charge in [0.2, 0.25) is 0 Å². The van der Waals surface area contributed by atoms with Crippen molar-refractivity contribution >= 4 is 0 Å². The molecule has 1 fully saturated rings. The smallest absolute Gasteiger partial charge is 0.138 e. The van der Waals surface area contributed by atoms with Gasteiger partial charge in [0, 0.05) is 24.5 Å². The lowest BCUT2D eigenvalue weighted by Crippen LogP contribution is -2.20. The molecule has 1 aliphatic carbocycles. The van der Waals surface area contributed by atoms with E-state index < -0.39 is 0 Å². The van der Waals surface area contributed by atoms with Crippen molar-refractivity contribution in [1.82, 2.24) is 15.3 Å². The molecular formula is C18H23N3. The summed E-state index contributed by atoms with van der Waals surface area (Å²) in [7, 11) is 0. The van der Waals surface area contributed by atoms with Crippen LogP contribution in [0, 0.1) is 5.92 Å². The number of rotatable bonds is 6. The van der Waals surface area contributed by atoms with Crippen molar-refractivity contribution in [1.29, 1.82) is 0 Å². The summed E-state index contributed by atoms with van der Waals surface area (Å²) in [5.74, 6) is 1.64. The molecule has 0 radical (unpaired) electrons. The Kier molecular flexibility index (Phi) is 4.02. The molecule has 0 saturated heterocycles. The van der Waals surface area contributed by atoms with Crippen LogP contribution in [0.4, 0.5) is 0 Å². The minimum Gasteiger partial charge on any atom is -0.312 e. The first-order valence-electron chi connectivity index (χ1n) is 7.78. The molecule has 0 spiro atoms. The van der Waals surface area contributed by atoms with Crippen LogP contribution in [0.3, 0.4) is 0 Å². The minimum absolute atomic E-state index is 0.0746. The quantitative estimate of drug-likeness (QED) is 0.883. The Hall–Kier alpha value is -1.74. The summed E-state index contributed by atoms with van der Waals surface area (Å²) in [6.45, 7) is 6.29. The van der Waals surface area contributed by atoms with E-state index in [-0.39, 0.29) is 5.41 Å². The van der Waals surface area contributed by atoms with E-state index in [1.54, 1.807) is 0 Å². The monoisotopic (exact) mass is 281 g/mol. The van der Waals surface area contributed by atoms with Gasteiger partial charge in [-0.15, -0.1) is 0 Å². The van der Waals surface area contributed by atoms with E-state index >= 15 is 0 Å². The van der Waals surface area contributed by atoms with Gasteiger partial charge in [0.15, 0.2) is 0 Å². The first kappa shape index (κ1) is 14.2. The van der Waals surface area contributed by atoms with Gasteiger partial charge in [-0.25, -0.2) is 9.97 Å². The highest BCUT2D eigenvalue weighted by atomic mass is 14.9. The van der Waals surface area contributed by atoms with Crippen LogP contribution in [0.15, 0.2) is 42.7 Å². The third-order valence-electron chi connectivity index (χ3n) is 4.09. The summed E-state index contributed by atoms with van der Waals surface area (Å²) < 4.78 is 0. The van der Waals surface area contributed by atoms with E-state index in [1.165, 1.54) is 5.56 Å². The van der Waals surface area contributed by atoms with Gasteiger partial charge in [-0.1, -0.05) is 44.2 Å². The molecule has 0 bridgehead atoms. The highest BCUT2D eigenvalue weighted by Gasteiger charge is 2.48. The lowest BCUT2D eigenvalue weighted by Gasteiger charge is -2.14. The van der Waals surface area contributed by atoms with Crippen molar-refractivity contribution in [2.75, 3.05) is 6.54 Å². The molecule has 1 aromatic carbocycles. The molecule has 3 heteroatoms. The maximum Gasteiger partial charge on any atom is 0.138 e. The SMILES string of the molecule is CC(C)CNCc1cnc(C2(c3ccccc3)CC2)nc1. The molecule has 0 amide bonds. The number of aromatic nitrogens is 2. The van der Waals surface area contributed by atoms with Crippen molar-refractivity contribution < 1.29 is 0 Å². The van der Waals surface area contributed by atoms with Crippen LogP contribution in [-0.2, 0) is 12.0 Å². The van der Waals surface area contributed by atoms with Crippen LogP contribution in [0.5, 0.6) is 0 Å². The van der Waals surface area contributed by atoms with E-state index in [2.05, 4.69) is 59.5 Å². The molecule has 0 aliphatic heterocycles. The van der Waals surface area contributed by atoms with Gasteiger partial charge in [-0.05, 0) is 30.9 Å². The normalized spacial score (nSPS) is 16.1. The molecule has 21 heavy (non-hydrogen) atoms. The molecule has 3 rings (SSSR count). The van der Waals surface area contributed by atoms with E-state index in [9.17, 15) is 0 Å². The fourth-order valence-electron chi connectivity index (χ4n) is 2.72. The number of nitrogens with one attached hydrogen (secondary N) is 1. The number of benzene rings is 1. The van der Waals surface area contributed by atoms with Gasteiger partial charge in [0.1, 0.15) is 5.82 Å². The number of nitrogens with zero attached hydrogens (tertiary/aromatic N) is 2. The zero-order valence-electron chi connectivity index (χ0n) is 12.8. The molecule has 1 aliphatic rings. The predicted molar refractivity (Wildman–Crippen MR) is 85.0 cm³/mol. The second-order valence-corrected chi connectivity index (χ2v) is 6.39. The lowest BCUT2D eigenvalue weighted by atomic mass is 9.95. The third-order valence-corrected chi connectivity index (χ3v) is 4.09. The summed E-state index contributed by atoms with van der Waals surface area (Å²) in [6.07, 6.45) is 6.25. The summed E-state index contributed by atoms with van der Waals surface area (Å²) in [4.78, 5) is 9.27. The maximum atomic E-state index is 4.64. The average Bonchev–Trinajstić information content (AvgIpc) is 3.30. The van der Waals surface area contributed by atoms with Gasteiger partial charge in [0.25, 0.3) is 0 Å². The van der Waals surface area contributed by atoms with Crippen molar-refractivity contribution in [2.45, 2.75) is 38.6 Å². The Morgan fingerprint density at radius 3 is 2.33 bits per heavy atom. The van der Waals surface area contributed by atoms with Crippen LogP contribution in [-0.4, -0.2) is 16.5 Å². The van der Waals surface area contributed by atoms with Crippen LogP contribution >= 0.6 is 0 Å². The van der Waals surface area contributed by atoms with Gasteiger partial charge in [-0.2, -0.15) is 0 Å². The fraction of sp³-hybridized carbons (Fsp3) is 0.444. The van der Waals surface area contributed by atoms with Gasteiger partial charge in [-0.3, -0.25) is 0 Å². The molecule has 1 N–H and O–H groups in total. The van der Waals surface area contributed by atoms with E-state index in [0.717, 1.165) is 37.3 Å². The molecule has 1 aromatic heterocycles. The number of hydrogen-bond acceptors (Lipinski definition) is 3. The summed E-state index contributed by atoms with van der Waals surface area (Å²) >= 11 is 0. The molecule has 0 atom stereocenters. The molecule has 3 nitrogen and oxygen atoms in total. The summed E-state index contributed by atoms with van der Waals surface area (Å²) in [5.41, 5.74) is 2.57. The van der Waals surface area contributed by atoms with Crippen molar-refractivity contribution in [2.24, 2.45) is 5.92 Å². The Morgan fingerprint density at radius 2 is 1.76 bits per heavy atom. The molecular weight excluding hydrogens is 258 g/mol. The van der Waals surface area contributed by atoms with Crippen LogP contribution < -0.4 is 5.32 Å². The standard InChI is InChI=1S/C18H23N3/c1-14(2)10-19-11-15-12-20-17(21-13-15)18(8-9-18)16-6-4-3-5-7-16/h3-7,12-14,19H,8-11H2,1-2H3. The molecule has 110 valence electrons. The Bertz CT molecular complexity index is 571. The Balaban J connectivity index is 1.70. The van der Waals surface area contributed by atoms with Crippen molar-refractivity contribution in [3.63, 3.8) is 0 Å². The molecule has 0 unspecified atom stereocenters. The zero-order chi connectivity index (χ0) is 14.7. The zero-order valence-corrected chi connectivity index (χ0v) is 12.8. The lowest BCUT2D eigenvalue weighted by molar-refractivity contribution is 0.550. The Labute approximate surface area is 126 Å². The van der Waals surface area contributed by atoms with Crippen LogP contribution in [0.25, 0.3) is 0 Å². The average molecular weight is 281 g/mol. The first-order chi connectivity index (χ1) is 10.2. The highest BCUT2D eigenvalue weighted by Crippen LogP contribution is 2.51.